The molecule has 2 rings (SSSR count). The van der Waals surface area contributed by atoms with E-state index in [9.17, 15) is 4.39 Å². The molecule has 1 aromatic carbocycles. The van der Waals surface area contributed by atoms with E-state index in [-0.39, 0.29) is 12.4 Å². The first-order chi connectivity index (χ1) is 11.9. The highest BCUT2D eigenvalue weighted by Crippen LogP contribution is 2.29. The number of allylic oxidation sites excluding steroid dienone is 5. The molecule has 1 aromatic heterocycles. The molecule has 132 valence electrons. The zero-order chi connectivity index (χ0) is 18.6. The Balaban J connectivity index is 2.42. The van der Waals surface area contributed by atoms with E-state index in [1.165, 1.54) is 6.07 Å². The third-order valence-electron chi connectivity index (χ3n) is 3.86. The summed E-state index contributed by atoms with van der Waals surface area (Å²) in [7, 11) is 0. The van der Waals surface area contributed by atoms with Crippen molar-refractivity contribution in [3.8, 4) is 0 Å². The Labute approximate surface area is 153 Å². The van der Waals surface area contributed by atoms with Crippen LogP contribution in [0.5, 0.6) is 0 Å². The van der Waals surface area contributed by atoms with Crippen molar-refractivity contribution >= 4 is 17.2 Å². The number of rotatable bonds is 6. The van der Waals surface area contributed by atoms with Gasteiger partial charge in [-0.3, -0.25) is 0 Å². The maximum absolute atomic E-state index is 14.2. The summed E-state index contributed by atoms with van der Waals surface area (Å²) in [5, 5.41) is 0.552. The van der Waals surface area contributed by atoms with E-state index in [0.717, 1.165) is 22.4 Å². The minimum atomic E-state index is -0.232. The molecule has 0 aliphatic heterocycles. The van der Waals surface area contributed by atoms with Crippen LogP contribution in [0.4, 0.5) is 4.39 Å². The molecule has 0 amide bonds. The van der Waals surface area contributed by atoms with E-state index in [1.54, 1.807) is 18.5 Å². The third-order valence-corrected chi connectivity index (χ3v) is 4.18. The first-order valence-corrected chi connectivity index (χ1v) is 8.44. The molecule has 0 aliphatic carbocycles. The molecule has 25 heavy (non-hydrogen) atoms. The molecule has 2 aromatic rings. The molecule has 0 bridgehead atoms. The summed E-state index contributed by atoms with van der Waals surface area (Å²) in [4.78, 5) is 4.47. The van der Waals surface area contributed by atoms with Crippen molar-refractivity contribution < 1.29 is 4.39 Å². The topological polar surface area (TPSA) is 43.8 Å². The number of nitrogens with zero attached hydrogens (tertiary/aromatic N) is 2. The van der Waals surface area contributed by atoms with Crippen LogP contribution in [0.3, 0.4) is 0 Å². The first kappa shape index (κ1) is 19.2. The Morgan fingerprint density at radius 2 is 2.16 bits per heavy atom. The Morgan fingerprint density at radius 3 is 2.72 bits per heavy atom. The van der Waals surface area contributed by atoms with Gasteiger partial charge in [0.15, 0.2) is 0 Å². The molecule has 0 atom stereocenters. The van der Waals surface area contributed by atoms with Crippen molar-refractivity contribution in [3.05, 3.63) is 82.2 Å². The number of hydrogen-bond donors (Lipinski definition) is 1. The van der Waals surface area contributed by atoms with Crippen LogP contribution in [-0.2, 0) is 13.1 Å². The zero-order valence-corrected chi connectivity index (χ0v) is 15.6. The van der Waals surface area contributed by atoms with Gasteiger partial charge < -0.3 is 10.3 Å². The fourth-order valence-corrected chi connectivity index (χ4v) is 3.01. The number of aryl methyl sites for hydroxylation is 1. The SMILES string of the molecule is C=C(C)/C=C(Cl)\C(=C/C)c1ncn(Cc2ccc(C)cc2F)c1CN. The summed E-state index contributed by atoms with van der Waals surface area (Å²) >= 11 is 6.40. The Hall–Kier alpha value is -2.17. The maximum Gasteiger partial charge on any atom is 0.128 e. The van der Waals surface area contributed by atoms with E-state index in [1.807, 2.05) is 37.5 Å². The second-order valence-corrected chi connectivity index (χ2v) is 6.41. The van der Waals surface area contributed by atoms with Crippen LogP contribution < -0.4 is 5.73 Å². The van der Waals surface area contributed by atoms with Gasteiger partial charge in [-0.1, -0.05) is 42.0 Å². The van der Waals surface area contributed by atoms with Gasteiger partial charge in [0.05, 0.1) is 24.3 Å². The molecule has 2 N–H and O–H groups in total. The molecule has 0 saturated carbocycles. The fourth-order valence-electron chi connectivity index (χ4n) is 2.63. The number of halogens is 2. The summed E-state index contributed by atoms with van der Waals surface area (Å²) in [6.07, 6.45) is 5.35. The van der Waals surface area contributed by atoms with Gasteiger partial charge in [0.1, 0.15) is 5.82 Å². The summed E-state index contributed by atoms with van der Waals surface area (Å²) in [5.74, 6) is -0.232. The van der Waals surface area contributed by atoms with Crippen LogP contribution in [0.2, 0.25) is 0 Å². The molecule has 5 heteroatoms. The van der Waals surface area contributed by atoms with Crippen molar-refractivity contribution in [2.75, 3.05) is 0 Å². The van der Waals surface area contributed by atoms with Crippen LogP contribution in [-0.4, -0.2) is 9.55 Å². The summed E-state index contributed by atoms with van der Waals surface area (Å²) < 4.78 is 16.0. The molecular weight excluding hydrogens is 337 g/mol. The van der Waals surface area contributed by atoms with Gasteiger partial charge in [-0.25, -0.2) is 9.37 Å². The van der Waals surface area contributed by atoms with E-state index >= 15 is 0 Å². The normalized spacial score (nSPS) is 12.6. The Bertz CT molecular complexity index is 847. The summed E-state index contributed by atoms with van der Waals surface area (Å²) in [6, 6.07) is 5.20. The number of benzene rings is 1. The standard InChI is InChI=1S/C20H23ClFN3/c1-5-16(17(21)8-13(2)3)20-19(10-23)25(12-24-20)11-15-7-6-14(4)9-18(15)22/h5-9,12H,2,10-11,23H2,1,3-4H3/b16-5+,17-8+. The highest BCUT2D eigenvalue weighted by molar-refractivity contribution is 6.37. The maximum atomic E-state index is 14.2. The number of nitrogens with two attached hydrogens (primary N) is 1. The van der Waals surface area contributed by atoms with Gasteiger partial charge in [0.2, 0.25) is 0 Å². The van der Waals surface area contributed by atoms with Crippen LogP contribution in [0, 0.1) is 12.7 Å². The summed E-state index contributed by atoms with van der Waals surface area (Å²) in [6.45, 7) is 10.1. The monoisotopic (exact) mass is 359 g/mol. The van der Waals surface area contributed by atoms with Crippen molar-refractivity contribution in [1.82, 2.24) is 9.55 Å². The Morgan fingerprint density at radius 1 is 1.44 bits per heavy atom. The van der Waals surface area contributed by atoms with E-state index in [2.05, 4.69) is 11.6 Å². The van der Waals surface area contributed by atoms with Crippen molar-refractivity contribution in [1.29, 1.82) is 0 Å². The van der Waals surface area contributed by atoms with Crippen LogP contribution in [0.15, 0.2) is 53.9 Å². The van der Waals surface area contributed by atoms with E-state index in [0.29, 0.717) is 22.8 Å². The minimum Gasteiger partial charge on any atom is -0.328 e. The third kappa shape index (κ3) is 4.47. The van der Waals surface area contributed by atoms with Crippen LogP contribution in [0.1, 0.15) is 36.4 Å². The minimum absolute atomic E-state index is 0.232. The van der Waals surface area contributed by atoms with Gasteiger partial charge in [-0.05, 0) is 38.5 Å². The van der Waals surface area contributed by atoms with Gasteiger partial charge in [-0.2, -0.15) is 0 Å². The lowest BCUT2D eigenvalue weighted by atomic mass is 10.1. The predicted octanol–water partition coefficient (Wildman–Crippen LogP) is 4.94. The average Bonchev–Trinajstić information content (AvgIpc) is 2.92. The molecular formula is C20H23ClFN3. The molecule has 3 nitrogen and oxygen atoms in total. The lowest BCUT2D eigenvalue weighted by molar-refractivity contribution is 0.594. The summed E-state index contributed by atoms with van der Waals surface area (Å²) in [5.41, 5.74) is 10.6. The van der Waals surface area contributed by atoms with E-state index in [4.69, 9.17) is 17.3 Å². The van der Waals surface area contributed by atoms with E-state index < -0.39 is 0 Å². The molecule has 0 saturated heterocycles. The number of hydrogen-bond acceptors (Lipinski definition) is 2. The fraction of sp³-hybridized carbons (Fsp3) is 0.250. The molecule has 0 aliphatic rings. The van der Waals surface area contributed by atoms with Crippen molar-refractivity contribution in [2.24, 2.45) is 5.73 Å². The lowest BCUT2D eigenvalue weighted by Gasteiger charge is -2.11. The van der Waals surface area contributed by atoms with Gasteiger partial charge >= 0.3 is 0 Å². The first-order valence-electron chi connectivity index (χ1n) is 8.06. The Kier molecular flexibility index (Phi) is 6.34. The van der Waals surface area contributed by atoms with Crippen LogP contribution in [0.25, 0.3) is 5.57 Å². The smallest absolute Gasteiger partial charge is 0.128 e. The quantitative estimate of drug-likeness (QED) is 0.742. The molecule has 0 fully saturated rings. The predicted molar refractivity (Wildman–Crippen MR) is 103 cm³/mol. The lowest BCUT2D eigenvalue weighted by Crippen LogP contribution is -2.10. The highest BCUT2D eigenvalue weighted by atomic mass is 35.5. The van der Waals surface area contributed by atoms with Gasteiger partial charge in [0, 0.05) is 22.7 Å². The average molecular weight is 360 g/mol. The van der Waals surface area contributed by atoms with Crippen molar-refractivity contribution in [2.45, 2.75) is 33.9 Å². The largest absolute Gasteiger partial charge is 0.328 e. The number of imidazole rings is 1. The number of aromatic nitrogens is 2. The molecule has 0 radical (unpaired) electrons. The van der Waals surface area contributed by atoms with Crippen LogP contribution >= 0.6 is 11.6 Å². The highest BCUT2D eigenvalue weighted by Gasteiger charge is 2.16. The van der Waals surface area contributed by atoms with Gasteiger partial charge in [0.25, 0.3) is 0 Å². The zero-order valence-electron chi connectivity index (χ0n) is 14.8. The van der Waals surface area contributed by atoms with Gasteiger partial charge in [-0.15, -0.1) is 0 Å². The molecule has 0 spiro atoms. The molecule has 0 unspecified atom stereocenters. The second-order valence-electron chi connectivity index (χ2n) is 6.01. The molecule has 1 heterocycles. The second kappa shape index (κ2) is 8.28. The van der Waals surface area contributed by atoms with Crippen molar-refractivity contribution in [3.63, 3.8) is 0 Å².